The minimum absolute atomic E-state index is 0.0615. The van der Waals surface area contributed by atoms with Gasteiger partial charge in [0.25, 0.3) is 0 Å². The van der Waals surface area contributed by atoms with Gasteiger partial charge < -0.3 is 19.5 Å². The zero-order valence-corrected chi connectivity index (χ0v) is 10.2. The van der Waals surface area contributed by atoms with Gasteiger partial charge in [-0.2, -0.15) is 0 Å². The van der Waals surface area contributed by atoms with Crippen LogP contribution in [0.25, 0.3) is 0 Å². The van der Waals surface area contributed by atoms with Crippen LogP contribution in [-0.2, 0) is 19.1 Å². The first-order valence-electron chi connectivity index (χ1n) is 5.73. The summed E-state index contributed by atoms with van der Waals surface area (Å²) < 4.78 is 10.2. The van der Waals surface area contributed by atoms with Crippen LogP contribution in [0.5, 0.6) is 0 Å². The van der Waals surface area contributed by atoms with Crippen LogP contribution in [0.1, 0.15) is 19.8 Å². The van der Waals surface area contributed by atoms with Gasteiger partial charge >= 0.3 is 5.97 Å². The van der Waals surface area contributed by atoms with Crippen LogP contribution in [0.3, 0.4) is 0 Å². The van der Waals surface area contributed by atoms with Crippen LogP contribution in [0, 0.1) is 0 Å². The van der Waals surface area contributed by atoms with Crippen molar-refractivity contribution in [2.45, 2.75) is 31.9 Å². The van der Waals surface area contributed by atoms with Gasteiger partial charge in [0.15, 0.2) is 0 Å². The molecule has 98 valence electrons. The second-order valence-electron chi connectivity index (χ2n) is 4.05. The van der Waals surface area contributed by atoms with E-state index in [0.717, 1.165) is 6.42 Å². The highest BCUT2D eigenvalue weighted by molar-refractivity contribution is 5.85. The van der Waals surface area contributed by atoms with Crippen LogP contribution >= 0.6 is 0 Å². The number of carbonyl (C=O) groups excluding carboxylic acids is 1. The zero-order chi connectivity index (χ0) is 12.8. The molecule has 0 aliphatic carbocycles. The van der Waals surface area contributed by atoms with Crippen molar-refractivity contribution < 1.29 is 24.2 Å². The molecule has 1 fully saturated rings. The number of carbonyl (C=O) groups is 2. The predicted molar refractivity (Wildman–Crippen MR) is 59.7 cm³/mol. The Morgan fingerprint density at radius 1 is 1.47 bits per heavy atom. The number of carboxylic acids is 1. The van der Waals surface area contributed by atoms with E-state index < -0.39 is 12.0 Å². The van der Waals surface area contributed by atoms with Gasteiger partial charge in [-0.25, -0.2) is 4.79 Å². The molecular weight excluding hydrogens is 226 g/mol. The molecule has 0 bridgehead atoms. The smallest absolute Gasteiger partial charge is 0.326 e. The third-order valence-corrected chi connectivity index (χ3v) is 2.78. The molecule has 1 saturated heterocycles. The Morgan fingerprint density at radius 2 is 2.18 bits per heavy atom. The largest absolute Gasteiger partial charge is 0.480 e. The third kappa shape index (κ3) is 3.67. The molecule has 2 atom stereocenters. The molecule has 0 aromatic rings. The molecule has 1 aliphatic rings. The number of aliphatic carboxylic acids is 1. The first kappa shape index (κ1) is 13.9. The van der Waals surface area contributed by atoms with Crippen molar-refractivity contribution in [2.75, 3.05) is 26.9 Å². The van der Waals surface area contributed by atoms with E-state index in [1.54, 1.807) is 0 Å². The molecule has 1 N–H and O–H groups in total. The zero-order valence-electron chi connectivity index (χ0n) is 10.2. The van der Waals surface area contributed by atoms with Gasteiger partial charge in [-0.3, -0.25) is 4.79 Å². The van der Waals surface area contributed by atoms with E-state index in [4.69, 9.17) is 14.6 Å². The van der Waals surface area contributed by atoms with Gasteiger partial charge in [-0.1, -0.05) is 6.92 Å². The van der Waals surface area contributed by atoms with Gasteiger partial charge in [0.05, 0.1) is 6.10 Å². The van der Waals surface area contributed by atoms with Crippen LogP contribution in [0.15, 0.2) is 0 Å². The summed E-state index contributed by atoms with van der Waals surface area (Å²) in [7, 11) is 1.52. The van der Waals surface area contributed by atoms with Gasteiger partial charge in [0.1, 0.15) is 12.6 Å². The van der Waals surface area contributed by atoms with E-state index in [1.165, 1.54) is 12.0 Å². The molecule has 1 aliphatic heterocycles. The lowest BCUT2D eigenvalue weighted by Gasteiger charge is -2.21. The summed E-state index contributed by atoms with van der Waals surface area (Å²) in [6.07, 6.45) is 0.966. The van der Waals surface area contributed by atoms with Crippen molar-refractivity contribution in [1.82, 2.24) is 4.90 Å². The minimum atomic E-state index is -0.992. The first-order valence-corrected chi connectivity index (χ1v) is 5.73. The maximum Gasteiger partial charge on any atom is 0.326 e. The molecule has 6 heteroatoms. The van der Waals surface area contributed by atoms with Crippen LogP contribution in [0.4, 0.5) is 0 Å². The van der Waals surface area contributed by atoms with E-state index in [-0.39, 0.29) is 18.6 Å². The average molecular weight is 245 g/mol. The molecule has 1 amide bonds. The molecule has 1 rings (SSSR count). The molecule has 17 heavy (non-hydrogen) atoms. The normalized spacial score (nSPS) is 24.0. The molecule has 0 spiro atoms. The summed E-state index contributed by atoms with van der Waals surface area (Å²) in [6, 6.07) is -0.794. The Labute approximate surface area is 100 Å². The van der Waals surface area contributed by atoms with Gasteiger partial charge in [0.2, 0.25) is 5.91 Å². The van der Waals surface area contributed by atoms with E-state index in [9.17, 15) is 9.59 Å². The number of likely N-dealkylation sites (tertiary alicyclic amines) is 1. The summed E-state index contributed by atoms with van der Waals surface area (Å²) in [5, 5.41) is 9.03. The lowest BCUT2D eigenvalue weighted by atomic mass is 10.2. The van der Waals surface area contributed by atoms with Gasteiger partial charge in [0, 0.05) is 26.7 Å². The van der Waals surface area contributed by atoms with Crippen molar-refractivity contribution in [3.05, 3.63) is 0 Å². The average Bonchev–Trinajstić information content (AvgIpc) is 2.73. The summed E-state index contributed by atoms with van der Waals surface area (Å²) in [6.45, 7) is 2.71. The highest BCUT2D eigenvalue weighted by Crippen LogP contribution is 2.20. The Bertz CT molecular complexity index is 281. The standard InChI is InChI=1S/C11H19NO5/c1-3-4-17-7-10(13)12-6-8(16-2)5-9(12)11(14)15/h8-9H,3-7H2,1-2H3,(H,14,15). The molecule has 0 aromatic heterocycles. The summed E-state index contributed by atoms with van der Waals surface area (Å²) in [5.41, 5.74) is 0. The molecule has 2 unspecified atom stereocenters. The van der Waals surface area contributed by atoms with Gasteiger partial charge in [-0.15, -0.1) is 0 Å². The number of hydrogen-bond donors (Lipinski definition) is 1. The molecule has 6 nitrogen and oxygen atoms in total. The fourth-order valence-corrected chi connectivity index (χ4v) is 1.86. The molecular formula is C11H19NO5. The SMILES string of the molecule is CCCOCC(=O)N1CC(OC)CC1C(=O)O. The van der Waals surface area contributed by atoms with Crippen molar-refractivity contribution in [3.63, 3.8) is 0 Å². The number of ether oxygens (including phenoxy) is 2. The number of methoxy groups -OCH3 is 1. The summed E-state index contributed by atoms with van der Waals surface area (Å²) in [4.78, 5) is 24.1. The Morgan fingerprint density at radius 3 is 2.71 bits per heavy atom. The molecule has 0 saturated carbocycles. The van der Waals surface area contributed by atoms with Crippen LogP contribution < -0.4 is 0 Å². The monoisotopic (exact) mass is 245 g/mol. The van der Waals surface area contributed by atoms with Crippen LogP contribution in [-0.4, -0.2) is 60.9 Å². The highest BCUT2D eigenvalue weighted by Gasteiger charge is 2.39. The molecule has 0 radical (unpaired) electrons. The highest BCUT2D eigenvalue weighted by atomic mass is 16.5. The minimum Gasteiger partial charge on any atom is -0.480 e. The Balaban J connectivity index is 2.54. The Hall–Kier alpha value is -1.14. The van der Waals surface area contributed by atoms with Crippen molar-refractivity contribution in [3.8, 4) is 0 Å². The number of amides is 1. The topological polar surface area (TPSA) is 76.1 Å². The fraction of sp³-hybridized carbons (Fsp3) is 0.818. The maximum absolute atomic E-state index is 11.8. The molecule has 1 heterocycles. The fourth-order valence-electron chi connectivity index (χ4n) is 1.86. The van der Waals surface area contributed by atoms with E-state index in [1.807, 2.05) is 6.92 Å². The first-order chi connectivity index (χ1) is 8.10. The number of rotatable bonds is 6. The van der Waals surface area contributed by atoms with Crippen molar-refractivity contribution in [2.24, 2.45) is 0 Å². The third-order valence-electron chi connectivity index (χ3n) is 2.78. The molecule has 0 aromatic carbocycles. The van der Waals surface area contributed by atoms with E-state index in [2.05, 4.69) is 0 Å². The Kier molecular flexibility index (Phi) is 5.37. The summed E-state index contributed by atoms with van der Waals surface area (Å²) >= 11 is 0. The quantitative estimate of drug-likeness (QED) is 0.672. The number of nitrogens with zero attached hydrogens (tertiary/aromatic N) is 1. The predicted octanol–water partition coefficient (Wildman–Crippen LogP) is 0.114. The van der Waals surface area contributed by atoms with E-state index in [0.29, 0.717) is 19.6 Å². The summed E-state index contributed by atoms with van der Waals surface area (Å²) in [5.74, 6) is -1.28. The lowest BCUT2D eigenvalue weighted by Crippen LogP contribution is -2.42. The number of hydrogen-bond acceptors (Lipinski definition) is 4. The van der Waals surface area contributed by atoms with E-state index >= 15 is 0 Å². The lowest BCUT2D eigenvalue weighted by molar-refractivity contribution is -0.150. The van der Waals surface area contributed by atoms with Gasteiger partial charge in [-0.05, 0) is 6.42 Å². The van der Waals surface area contributed by atoms with Crippen LogP contribution in [0.2, 0.25) is 0 Å². The second kappa shape index (κ2) is 6.56. The maximum atomic E-state index is 11.8. The van der Waals surface area contributed by atoms with Crippen molar-refractivity contribution >= 4 is 11.9 Å². The second-order valence-corrected chi connectivity index (χ2v) is 4.05. The van der Waals surface area contributed by atoms with Crippen molar-refractivity contribution in [1.29, 1.82) is 0 Å². The number of carboxylic acid groups (broad SMARTS) is 1.